The highest BCUT2D eigenvalue weighted by molar-refractivity contribution is 5.69. The molecule has 0 saturated heterocycles. The normalized spacial score (nSPS) is 10.3. The minimum Gasteiger partial charge on any atom is -0.466 e. The minimum atomic E-state index is -0.0837. The summed E-state index contributed by atoms with van der Waals surface area (Å²) in [6, 6.07) is 6.42. The summed E-state index contributed by atoms with van der Waals surface area (Å²) < 4.78 is 4.91. The van der Waals surface area contributed by atoms with Crippen molar-refractivity contribution < 1.29 is 9.53 Å². The van der Waals surface area contributed by atoms with E-state index in [0.717, 1.165) is 31.5 Å². The zero-order chi connectivity index (χ0) is 15.7. The highest BCUT2D eigenvalue weighted by Gasteiger charge is 2.03. The lowest BCUT2D eigenvalue weighted by Gasteiger charge is -2.17. The van der Waals surface area contributed by atoms with Crippen LogP contribution in [0.3, 0.4) is 0 Å². The fourth-order valence-corrected chi connectivity index (χ4v) is 2.24. The van der Waals surface area contributed by atoms with Gasteiger partial charge in [0.25, 0.3) is 0 Å². The molecule has 0 atom stereocenters. The Bertz CT molecular complexity index is 444. The van der Waals surface area contributed by atoms with E-state index in [1.165, 1.54) is 11.3 Å². The van der Waals surface area contributed by atoms with Crippen LogP contribution in [0.1, 0.15) is 38.2 Å². The van der Waals surface area contributed by atoms with Gasteiger partial charge in [-0.05, 0) is 44.4 Å². The van der Waals surface area contributed by atoms with E-state index in [2.05, 4.69) is 49.4 Å². The number of nitrogens with one attached hydrogen (secondary N) is 1. The number of carbonyl (C=O) groups excluding carboxylic acids is 1. The fraction of sp³-hybridized carbons (Fsp3) is 0.588. The number of carbonyl (C=O) groups is 1. The molecule has 4 nitrogen and oxygen atoms in total. The third kappa shape index (κ3) is 6.52. The molecule has 21 heavy (non-hydrogen) atoms. The Labute approximate surface area is 128 Å². The molecule has 1 aromatic carbocycles. The Hall–Kier alpha value is -1.71. The summed E-state index contributed by atoms with van der Waals surface area (Å²) in [5.41, 5.74) is 3.66. The van der Waals surface area contributed by atoms with Crippen LogP contribution in [0.4, 0.5) is 11.4 Å². The maximum atomic E-state index is 11.2. The molecule has 118 valence electrons. The SMILES string of the molecule is CCOC(=O)CCCCCNc1ccc(C)c(N(C)C)c1. The second-order valence-electron chi connectivity index (χ2n) is 5.44. The lowest BCUT2D eigenvalue weighted by molar-refractivity contribution is -0.143. The first kappa shape index (κ1) is 17.3. The van der Waals surface area contributed by atoms with Crippen molar-refractivity contribution in [3.8, 4) is 0 Å². The third-order valence-electron chi connectivity index (χ3n) is 3.38. The van der Waals surface area contributed by atoms with Gasteiger partial charge >= 0.3 is 5.97 Å². The average molecular weight is 292 g/mol. The molecule has 0 aliphatic heterocycles. The molecular weight excluding hydrogens is 264 g/mol. The molecule has 0 heterocycles. The lowest BCUT2D eigenvalue weighted by Crippen LogP contribution is -2.11. The van der Waals surface area contributed by atoms with Crippen molar-refractivity contribution in [2.45, 2.75) is 39.5 Å². The molecule has 0 amide bonds. The first-order chi connectivity index (χ1) is 10.0. The van der Waals surface area contributed by atoms with E-state index in [1.807, 2.05) is 6.92 Å². The van der Waals surface area contributed by atoms with Gasteiger partial charge < -0.3 is 15.0 Å². The molecule has 0 fully saturated rings. The Morgan fingerprint density at radius 1 is 1.24 bits per heavy atom. The molecule has 0 aliphatic carbocycles. The van der Waals surface area contributed by atoms with E-state index in [4.69, 9.17) is 4.74 Å². The molecule has 1 rings (SSSR count). The van der Waals surface area contributed by atoms with E-state index in [1.54, 1.807) is 0 Å². The Balaban J connectivity index is 2.24. The maximum Gasteiger partial charge on any atom is 0.305 e. The summed E-state index contributed by atoms with van der Waals surface area (Å²) in [6.45, 7) is 5.36. The van der Waals surface area contributed by atoms with Gasteiger partial charge in [0.1, 0.15) is 0 Å². The van der Waals surface area contributed by atoms with E-state index < -0.39 is 0 Å². The highest BCUT2D eigenvalue weighted by Crippen LogP contribution is 2.22. The van der Waals surface area contributed by atoms with Gasteiger partial charge in [-0.25, -0.2) is 0 Å². The first-order valence-corrected chi connectivity index (χ1v) is 7.72. The molecule has 0 saturated carbocycles. The number of anilines is 2. The van der Waals surface area contributed by atoms with Gasteiger partial charge in [-0.15, -0.1) is 0 Å². The Morgan fingerprint density at radius 2 is 2.00 bits per heavy atom. The molecule has 0 spiro atoms. The number of nitrogens with zero attached hydrogens (tertiary/aromatic N) is 1. The molecule has 1 N–H and O–H groups in total. The summed E-state index contributed by atoms with van der Waals surface area (Å²) in [4.78, 5) is 13.3. The van der Waals surface area contributed by atoms with Crippen LogP contribution >= 0.6 is 0 Å². The topological polar surface area (TPSA) is 41.6 Å². The Morgan fingerprint density at radius 3 is 2.67 bits per heavy atom. The van der Waals surface area contributed by atoms with Crippen LogP contribution in [0.5, 0.6) is 0 Å². The van der Waals surface area contributed by atoms with Gasteiger partial charge in [0.15, 0.2) is 0 Å². The van der Waals surface area contributed by atoms with Crippen molar-refractivity contribution >= 4 is 17.3 Å². The molecule has 4 heteroatoms. The van der Waals surface area contributed by atoms with Gasteiger partial charge in [-0.2, -0.15) is 0 Å². The monoisotopic (exact) mass is 292 g/mol. The smallest absolute Gasteiger partial charge is 0.305 e. The lowest BCUT2D eigenvalue weighted by atomic mass is 10.1. The minimum absolute atomic E-state index is 0.0837. The van der Waals surface area contributed by atoms with Crippen LogP contribution in [0, 0.1) is 6.92 Å². The average Bonchev–Trinajstić information content (AvgIpc) is 2.44. The van der Waals surface area contributed by atoms with Gasteiger partial charge in [0.05, 0.1) is 6.61 Å². The molecule has 1 aromatic rings. The van der Waals surface area contributed by atoms with E-state index in [9.17, 15) is 4.79 Å². The zero-order valence-electron chi connectivity index (χ0n) is 13.7. The largest absolute Gasteiger partial charge is 0.466 e. The van der Waals surface area contributed by atoms with Crippen LogP contribution < -0.4 is 10.2 Å². The van der Waals surface area contributed by atoms with Gasteiger partial charge in [0, 0.05) is 38.4 Å². The standard InChI is InChI=1S/C17H28N2O2/c1-5-21-17(20)9-7-6-8-12-18-15-11-10-14(2)16(13-15)19(3)4/h10-11,13,18H,5-9,12H2,1-4H3. The first-order valence-electron chi connectivity index (χ1n) is 7.72. The fourth-order valence-electron chi connectivity index (χ4n) is 2.24. The summed E-state index contributed by atoms with van der Waals surface area (Å²) in [5.74, 6) is -0.0837. The number of unbranched alkanes of at least 4 members (excludes halogenated alkanes) is 2. The van der Waals surface area contributed by atoms with Crippen LogP contribution in [-0.4, -0.2) is 33.2 Å². The van der Waals surface area contributed by atoms with E-state index in [0.29, 0.717) is 13.0 Å². The number of hydrogen-bond acceptors (Lipinski definition) is 4. The second kappa shape index (κ2) is 9.27. The molecule has 0 aromatic heterocycles. The van der Waals surface area contributed by atoms with E-state index >= 15 is 0 Å². The third-order valence-corrected chi connectivity index (χ3v) is 3.38. The predicted molar refractivity (Wildman–Crippen MR) is 89.1 cm³/mol. The number of ether oxygens (including phenoxy) is 1. The molecular formula is C17H28N2O2. The Kier molecular flexibility index (Phi) is 7.65. The van der Waals surface area contributed by atoms with Crippen molar-refractivity contribution in [1.29, 1.82) is 0 Å². The number of hydrogen-bond donors (Lipinski definition) is 1. The predicted octanol–water partition coefficient (Wildman–Crippen LogP) is 3.60. The van der Waals surface area contributed by atoms with Gasteiger partial charge in [-0.1, -0.05) is 12.5 Å². The summed E-state index contributed by atoms with van der Waals surface area (Å²) in [5, 5.41) is 3.44. The highest BCUT2D eigenvalue weighted by atomic mass is 16.5. The quantitative estimate of drug-likeness (QED) is 0.558. The maximum absolute atomic E-state index is 11.2. The van der Waals surface area contributed by atoms with Gasteiger partial charge in [0.2, 0.25) is 0 Å². The van der Waals surface area contributed by atoms with Crippen molar-refractivity contribution in [3.05, 3.63) is 23.8 Å². The van der Waals surface area contributed by atoms with Crippen molar-refractivity contribution in [2.75, 3.05) is 37.5 Å². The van der Waals surface area contributed by atoms with Crippen LogP contribution in [-0.2, 0) is 9.53 Å². The van der Waals surface area contributed by atoms with Crippen molar-refractivity contribution in [3.63, 3.8) is 0 Å². The van der Waals surface area contributed by atoms with Crippen LogP contribution in [0.2, 0.25) is 0 Å². The number of benzene rings is 1. The summed E-state index contributed by atoms with van der Waals surface area (Å²) in [7, 11) is 4.11. The molecule has 0 radical (unpaired) electrons. The molecule has 0 bridgehead atoms. The second-order valence-corrected chi connectivity index (χ2v) is 5.44. The number of aryl methyl sites for hydroxylation is 1. The molecule has 0 aliphatic rings. The van der Waals surface area contributed by atoms with Crippen LogP contribution in [0.15, 0.2) is 18.2 Å². The van der Waals surface area contributed by atoms with Gasteiger partial charge in [-0.3, -0.25) is 4.79 Å². The zero-order valence-corrected chi connectivity index (χ0v) is 13.7. The van der Waals surface area contributed by atoms with Crippen molar-refractivity contribution in [1.82, 2.24) is 0 Å². The number of rotatable bonds is 9. The van der Waals surface area contributed by atoms with Crippen molar-refractivity contribution in [2.24, 2.45) is 0 Å². The van der Waals surface area contributed by atoms with Crippen LogP contribution in [0.25, 0.3) is 0 Å². The number of esters is 1. The van der Waals surface area contributed by atoms with E-state index in [-0.39, 0.29) is 5.97 Å². The molecule has 0 unspecified atom stereocenters. The summed E-state index contributed by atoms with van der Waals surface area (Å²) in [6.07, 6.45) is 3.53. The summed E-state index contributed by atoms with van der Waals surface area (Å²) >= 11 is 0.